The van der Waals surface area contributed by atoms with Crippen LogP contribution in [0, 0.1) is 0 Å². The lowest BCUT2D eigenvalue weighted by Crippen LogP contribution is -2.56. The summed E-state index contributed by atoms with van der Waals surface area (Å²) in [4.78, 5) is 73.5. The molecule has 16 heteroatoms. The van der Waals surface area contributed by atoms with Gasteiger partial charge >= 0.3 is 17.9 Å². The zero-order valence-corrected chi connectivity index (χ0v) is 18.4. The second kappa shape index (κ2) is 15.8. The predicted octanol–water partition coefficient (Wildman–Crippen LogP) is -3.73. The minimum Gasteiger partial charge on any atom is -0.481 e. The lowest BCUT2D eigenvalue weighted by atomic mass is 10.1. The zero-order valence-electron chi connectivity index (χ0n) is 18.4. The Labute approximate surface area is 194 Å². The number of carbonyl (C=O) groups is 6. The highest BCUT2D eigenvalue weighted by molar-refractivity contribution is 5.94. The van der Waals surface area contributed by atoms with Crippen molar-refractivity contribution in [3.63, 3.8) is 0 Å². The number of nitrogens with zero attached hydrogens (tertiary/aromatic N) is 1. The molecule has 0 aromatic rings. The first-order valence-electron chi connectivity index (χ1n) is 10.2. The number of hydrogen-bond donors (Lipinski definition) is 9. The van der Waals surface area contributed by atoms with Gasteiger partial charge in [0.25, 0.3) is 0 Å². The molecule has 0 rings (SSSR count). The number of hydrogen-bond acceptors (Lipinski definition) is 8. The monoisotopic (exact) mass is 489 g/mol. The molecule has 0 bridgehead atoms. The molecule has 0 aliphatic rings. The van der Waals surface area contributed by atoms with Crippen molar-refractivity contribution < 1.29 is 44.1 Å². The lowest BCUT2D eigenvalue weighted by Gasteiger charge is -2.23. The fourth-order valence-electron chi connectivity index (χ4n) is 2.56. The van der Waals surface area contributed by atoms with E-state index in [0.29, 0.717) is 6.42 Å². The van der Waals surface area contributed by atoms with Crippen LogP contribution in [-0.2, 0) is 28.8 Å². The Kier molecular flexibility index (Phi) is 14.0. The van der Waals surface area contributed by atoms with Crippen molar-refractivity contribution in [2.75, 3.05) is 13.1 Å². The Morgan fingerprint density at radius 3 is 1.71 bits per heavy atom. The Hall–Kier alpha value is -3.95. The van der Waals surface area contributed by atoms with Gasteiger partial charge in [0, 0.05) is 19.4 Å². The summed E-state index contributed by atoms with van der Waals surface area (Å²) in [5, 5.41) is 33.0. The van der Waals surface area contributed by atoms with Crippen molar-refractivity contribution in [3.8, 4) is 0 Å². The number of aliphatic imine (C=N–C) groups is 1. The largest absolute Gasteiger partial charge is 0.481 e. The van der Waals surface area contributed by atoms with Gasteiger partial charge in [-0.05, 0) is 25.7 Å². The maximum Gasteiger partial charge on any atom is 0.322 e. The van der Waals surface area contributed by atoms with Crippen molar-refractivity contribution in [3.05, 3.63) is 0 Å². The zero-order chi connectivity index (χ0) is 26.3. The van der Waals surface area contributed by atoms with E-state index in [1.807, 2.05) is 5.32 Å². The average Bonchev–Trinajstić information content (AvgIpc) is 2.74. The molecule has 0 aliphatic carbocycles. The second-order valence-electron chi connectivity index (χ2n) is 7.15. The summed E-state index contributed by atoms with van der Waals surface area (Å²) in [6.07, 6.45) is -1.28. The van der Waals surface area contributed by atoms with Crippen molar-refractivity contribution in [1.29, 1.82) is 0 Å². The number of nitrogens with one attached hydrogen (secondary N) is 3. The van der Waals surface area contributed by atoms with E-state index in [0.717, 1.165) is 0 Å². The summed E-state index contributed by atoms with van der Waals surface area (Å²) in [5.41, 5.74) is 16.2. The van der Waals surface area contributed by atoms with E-state index < -0.39 is 73.1 Å². The third-order valence-corrected chi connectivity index (χ3v) is 4.28. The molecule has 34 heavy (non-hydrogen) atoms. The molecule has 0 saturated carbocycles. The average molecular weight is 489 g/mol. The van der Waals surface area contributed by atoms with E-state index in [9.17, 15) is 28.8 Å². The first-order valence-corrected chi connectivity index (χ1v) is 10.2. The Morgan fingerprint density at radius 1 is 0.735 bits per heavy atom. The SMILES string of the molecule is NC(N)=NCCCC(N)C(=O)NC(CCC(=O)O)C(=O)NC(CCC(=O)O)C(=O)NCC(=O)O. The van der Waals surface area contributed by atoms with Crippen molar-refractivity contribution in [1.82, 2.24) is 16.0 Å². The highest BCUT2D eigenvalue weighted by Gasteiger charge is 2.29. The molecular formula is C18H31N7O9. The summed E-state index contributed by atoms with van der Waals surface area (Å²) in [5.74, 6) is -6.72. The van der Waals surface area contributed by atoms with E-state index in [1.165, 1.54) is 0 Å². The minimum absolute atomic E-state index is 0.131. The molecule has 0 heterocycles. The summed E-state index contributed by atoms with van der Waals surface area (Å²) in [6.45, 7) is -0.560. The number of rotatable bonds is 17. The molecule has 3 atom stereocenters. The molecule has 0 spiro atoms. The van der Waals surface area contributed by atoms with E-state index in [2.05, 4.69) is 15.6 Å². The summed E-state index contributed by atoms with van der Waals surface area (Å²) in [6, 6.07) is -3.93. The van der Waals surface area contributed by atoms with Gasteiger partial charge in [-0.3, -0.25) is 33.8 Å². The van der Waals surface area contributed by atoms with Gasteiger partial charge in [-0.15, -0.1) is 0 Å². The van der Waals surface area contributed by atoms with Crippen molar-refractivity contribution in [2.45, 2.75) is 56.7 Å². The molecule has 3 amide bonds. The third kappa shape index (κ3) is 14.2. The van der Waals surface area contributed by atoms with Crippen LogP contribution < -0.4 is 33.2 Å². The first kappa shape index (κ1) is 30.1. The number of guanidine groups is 1. The van der Waals surface area contributed by atoms with E-state index >= 15 is 0 Å². The van der Waals surface area contributed by atoms with Gasteiger partial charge in [0.15, 0.2) is 5.96 Å². The highest BCUT2D eigenvalue weighted by Crippen LogP contribution is 2.05. The van der Waals surface area contributed by atoms with Gasteiger partial charge < -0.3 is 48.5 Å². The van der Waals surface area contributed by atoms with E-state index in [1.54, 1.807) is 0 Å². The molecule has 0 saturated heterocycles. The maximum absolute atomic E-state index is 12.7. The fraction of sp³-hybridized carbons (Fsp3) is 0.611. The van der Waals surface area contributed by atoms with Crippen LogP contribution in [0.2, 0.25) is 0 Å². The van der Waals surface area contributed by atoms with Gasteiger partial charge in [-0.1, -0.05) is 0 Å². The van der Waals surface area contributed by atoms with Crippen LogP contribution in [0.4, 0.5) is 0 Å². The quantitative estimate of drug-likeness (QED) is 0.0541. The highest BCUT2D eigenvalue weighted by atomic mass is 16.4. The summed E-state index contributed by atoms with van der Waals surface area (Å²) in [7, 11) is 0. The van der Waals surface area contributed by atoms with Crippen molar-refractivity contribution in [2.24, 2.45) is 22.2 Å². The molecule has 192 valence electrons. The number of amides is 3. The molecular weight excluding hydrogens is 458 g/mol. The normalized spacial score (nSPS) is 13.0. The molecule has 0 aromatic carbocycles. The molecule has 0 radical (unpaired) electrons. The topological polar surface area (TPSA) is 290 Å². The first-order chi connectivity index (χ1) is 15.8. The molecule has 0 fully saturated rings. The van der Waals surface area contributed by atoms with Crippen LogP contribution in [0.3, 0.4) is 0 Å². The standard InChI is InChI=1S/C18H31N7O9/c19-9(2-1-7-22-18(20)21)15(32)24-11(4-6-13(28)29)17(34)25-10(3-5-12(26)27)16(33)23-8-14(30)31/h9-11H,1-8,19H2,(H,23,33)(H,24,32)(H,25,34)(H,26,27)(H,28,29)(H,30,31)(H4,20,21,22). The molecule has 0 aromatic heterocycles. The van der Waals surface area contributed by atoms with Gasteiger partial charge in [0.1, 0.15) is 18.6 Å². The van der Waals surface area contributed by atoms with Gasteiger partial charge in [-0.25, -0.2) is 0 Å². The minimum atomic E-state index is -1.44. The maximum atomic E-state index is 12.7. The van der Waals surface area contributed by atoms with Crippen LogP contribution in [-0.4, -0.2) is 88.1 Å². The summed E-state index contributed by atoms with van der Waals surface area (Å²) < 4.78 is 0. The Morgan fingerprint density at radius 2 is 1.24 bits per heavy atom. The van der Waals surface area contributed by atoms with Gasteiger partial charge in [-0.2, -0.15) is 0 Å². The molecule has 0 aliphatic heterocycles. The number of aliphatic carboxylic acids is 3. The molecule has 3 unspecified atom stereocenters. The fourth-order valence-corrected chi connectivity index (χ4v) is 2.56. The lowest BCUT2D eigenvalue weighted by molar-refractivity contribution is -0.140. The van der Waals surface area contributed by atoms with Gasteiger partial charge in [0.05, 0.1) is 6.04 Å². The number of carbonyl (C=O) groups excluding carboxylic acids is 3. The van der Waals surface area contributed by atoms with Crippen molar-refractivity contribution >= 4 is 41.6 Å². The van der Waals surface area contributed by atoms with Crippen LogP contribution in [0.25, 0.3) is 0 Å². The van der Waals surface area contributed by atoms with Crippen LogP contribution >= 0.6 is 0 Å². The predicted molar refractivity (Wildman–Crippen MR) is 116 cm³/mol. The second-order valence-corrected chi connectivity index (χ2v) is 7.15. The number of carboxylic acids is 3. The van der Waals surface area contributed by atoms with Crippen LogP contribution in [0.5, 0.6) is 0 Å². The Balaban J connectivity index is 5.28. The van der Waals surface area contributed by atoms with Gasteiger partial charge in [0.2, 0.25) is 17.7 Å². The van der Waals surface area contributed by atoms with E-state index in [-0.39, 0.29) is 31.8 Å². The van der Waals surface area contributed by atoms with E-state index in [4.69, 9.17) is 32.5 Å². The third-order valence-electron chi connectivity index (χ3n) is 4.28. The summed E-state index contributed by atoms with van der Waals surface area (Å²) >= 11 is 0. The Bertz CT molecular complexity index is 784. The molecule has 16 nitrogen and oxygen atoms in total. The smallest absolute Gasteiger partial charge is 0.322 e. The molecule has 12 N–H and O–H groups in total. The van der Waals surface area contributed by atoms with Crippen LogP contribution in [0.15, 0.2) is 4.99 Å². The number of carboxylic acid groups (broad SMARTS) is 3. The van der Waals surface area contributed by atoms with Crippen LogP contribution in [0.1, 0.15) is 38.5 Å². The number of nitrogens with two attached hydrogens (primary N) is 3.